The lowest BCUT2D eigenvalue weighted by atomic mass is 10.0. The van der Waals surface area contributed by atoms with E-state index in [1.807, 2.05) is 0 Å². The number of benzene rings is 1. The molecule has 0 aliphatic rings. The fourth-order valence-electron chi connectivity index (χ4n) is 4.09. The highest BCUT2D eigenvalue weighted by molar-refractivity contribution is 5.98. The first-order chi connectivity index (χ1) is 15.1. The summed E-state index contributed by atoms with van der Waals surface area (Å²) in [6.45, 7) is 2.26. The van der Waals surface area contributed by atoms with Gasteiger partial charge in [0, 0.05) is 17.9 Å². The summed E-state index contributed by atoms with van der Waals surface area (Å²) in [5.74, 6) is -0.119. The Kier molecular flexibility index (Phi) is 12.0. The largest absolute Gasteiger partial charge is 0.508 e. The van der Waals surface area contributed by atoms with Crippen molar-refractivity contribution >= 4 is 16.8 Å². The zero-order valence-corrected chi connectivity index (χ0v) is 19.3. The fourth-order valence-corrected chi connectivity index (χ4v) is 4.09. The predicted octanol–water partition coefficient (Wildman–Crippen LogP) is 7.94. The van der Waals surface area contributed by atoms with Crippen LogP contribution in [0, 0.1) is 0 Å². The van der Waals surface area contributed by atoms with Gasteiger partial charge in [-0.3, -0.25) is 4.79 Å². The van der Waals surface area contributed by atoms with Gasteiger partial charge in [-0.15, -0.1) is 0 Å². The molecule has 1 N–H and O–H groups in total. The maximum absolute atomic E-state index is 12.4. The van der Waals surface area contributed by atoms with Crippen LogP contribution in [0.1, 0.15) is 120 Å². The number of rotatable bonds is 17. The van der Waals surface area contributed by atoms with Crippen LogP contribution < -0.4 is 5.63 Å². The fraction of sp³-hybridized carbons (Fsp3) is 0.630. The van der Waals surface area contributed by atoms with Crippen molar-refractivity contribution in [3.05, 3.63) is 40.2 Å². The minimum absolute atomic E-state index is 0.0348. The third-order valence-electron chi connectivity index (χ3n) is 6.03. The Morgan fingerprint density at radius 1 is 0.774 bits per heavy atom. The molecule has 0 unspecified atom stereocenters. The smallest absolute Gasteiger partial charge is 0.347 e. The Hall–Kier alpha value is -2.10. The summed E-state index contributed by atoms with van der Waals surface area (Å²) in [6.07, 6.45) is 19.6. The Labute approximate surface area is 187 Å². The van der Waals surface area contributed by atoms with Crippen molar-refractivity contribution in [1.82, 2.24) is 0 Å². The normalized spacial score (nSPS) is 11.3. The molecule has 4 heteroatoms. The van der Waals surface area contributed by atoms with Gasteiger partial charge in [0.1, 0.15) is 16.9 Å². The van der Waals surface area contributed by atoms with Crippen LogP contribution in [-0.2, 0) is 0 Å². The molecule has 1 aromatic carbocycles. The van der Waals surface area contributed by atoms with E-state index in [9.17, 15) is 14.7 Å². The topological polar surface area (TPSA) is 67.5 Å². The van der Waals surface area contributed by atoms with E-state index < -0.39 is 5.63 Å². The van der Waals surface area contributed by atoms with Crippen LogP contribution in [0.25, 0.3) is 11.0 Å². The van der Waals surface area contributed by atoms with Gasteiger partial charge in [-0.1, -0.05) is 96.8 Å². The highest BCUT2D eigenvalue weighted by Crippen LogP contribution is 2.20. The molecule has 0 aliphatic carbocycles. The molecule has 0 spiro atoms. The highest BCUT2D eigenvalue weighted by Gasteiger charge is 2.13. The molecular formula is C27H40O4. The van der Waals surface area contributed by atoms with Crippen LogP contribution in [0.5, 0.6) is 5.75 Å². The molecule has 0 aliphatic heterocycles. The van der Waals surface area contributed by atoms with Crippen molar-refractivity contribution in [3.63, 3.8) is 0 Å². The number of unbranched alkanes of at least 4 members (excludes halogenated alkanes) is 14. The number of ketones is 1. The van der Waals surface area contributed by atoms with Gasteiger partial charge in [0.15, 0.2) is 5.78 Å². The van der Waals surface area contributed by atoms with Crippen molar-refractivity contribution in [2.75, 3.05) is 0 Å². The van der Waals surface area contributed by atoms with Gasteiger partial charge in [0.25, 0.3) is 0 Å². The standard InChI is InChI=1S/C27H40O4/c1-2-3-4-5-6-7-8-9-10-11-12-13-14-15-16-17-25(29)24-20-22-18-19-23(28)21-26(22)31-27(24)30/h18-21,28H,2-17H2,1H3. The van der Waals surface area contributed by atoms with Crippen molar-refractivity contribution in [2.45, 2.75) is 110 Å². The summed E-state index contributed by atoms with van der Waals surface area (Å²) < 4.78 is 5.19. The number of aromatic hydroxyl groups is 1. The molecule has 2 rings (SSSR count). The quantitative estimate of drug-likeness (QED) is 0.158. The molecule has 0 radical (unpaired) electrons. The molecule has 1 aromatic heterocycles. The van der Waals surface area contributed by atoms with Crippen molar-refractivity contribution < 1.29 is 14.3 Å². The van der Waals surface area contributed by atoms with E-state index in [2.05, 4.69) is 6.92 Å². The molecule has 2 aromatic rings. The Morgan fingerprint density at radius 2 is 1.29 bits per heavy atom. The molecule has 0 saturated carbocycles. The SMILES string of the molecule is CCCCCCCCCCCCCCCCCC(=O)c1cc2ccc(O)cc2oc1=O. The third kappa shape index (κ3) is 9.71. The van der Waals surface area contributed by atoms with Crippen molar-refractivity contribution in [2.24, 2.45) is 0 Å². The first-order valence-electron chi connectivity index (χ1n) is 12.4. The van der Waals surface area contributed by atoms with Crippen LogP contribution in [0.4, 0.5) is 0 Å². The minimum Gasteiger partial charge on any atom is -0.508 e. The van der Waals surface area contributed by atoms with Gasteiger partial charge in [-0.25, -0.2) is 4.79 Å². The summed E-state index contributed by atoms with van der Waals surface area (Å²) in [6, 6.07) is 6.14. The number of hydrogen-bond donors (Lipinski definition) is 1. The number of hydrogen-bond acceptors (Lipinski definition) is 4. The van der Waals surface area contributed by atoms with E-state index in [4.69, 9.17) is 4.42 Å². The lowest BCUT2D eigenvalue weighted by molar-refractivity contribution is 0.0975. The molecule has 0 amide bonds. The van der Waals surface area contributed by atoms with Gasteiger partial charge in [-0.05, 0) is 24.6 Å². The van der Waals surface area contributed by atoms with Crippen molar-refractivity contribution in [3.8, 4) is 5.75 Å². The average molecular weight is 429 g/mol. The summed E-state index contributed by atoms with van der Waals surface area (Å²) in [4.78, 5) is 24.5. The van der Waals surface area contributed by atoms with Crippen LogP contribution in [-0.4, -0.2) is 10.9 Å². The van der Waals surface area contributed by atoms with Crippen LogP contribution in [0.3, 0.4) is 0 Å². The molecule has 0 fully saturated rings. The van der Waals surface area contributed by atoms with E-state index >= 15 is 0 Å². The molecular weight excluding hydrogens is 388 g/mol. The minimum atomic E-state index is -0.621. The molecule has 31 heavy (non-hydrogen) atoms. The zero-order valence-electron chi connectivity index (χ0n) is 19.3. The first-order valence-corrected chi connectivity index (χ1v) is 12.4. The maximum atomic E-state index is 12.4. The maximum Gasteiger partial charge on any atom is 0.347 e. The molecule has 0 atom stereocenters. The molecule has 1 heterocycles. The average Bonchev–Trinajstić information content (AvgIpc) is 2.75. The number of carbonyl (C=O) groups is 1. The molecule has 0 bridgehead atoms. The van der Waals surface area contributed by atoms with Crippen molar-refractivity contribution in [1.29, 1.82) is 0 Å². The van der Waals surface area contributed by atoms with Crippen LogP contribution >= 0.6 is 0 Å². The van der Waals surface area contributed by atoms with Gasteiger partial charge in [0.2, 0.25) is 0 Å². The summed E-state index contributed by atoms with van der Waals surface area (Å²) in [5.41, 5.74) is -0.207. The summed E-state index contributed by atoms with van der Waals surface area (Å²) in [5, 5.41) is 10.1. The molecule has 4 nitrogen and oxygen atoms in total. The lowest BCUT2D eigenvalue weighted by Gasteiger charge is -2.04. The predicted molar refractivity (Wildman–Crippen MR) is 128 cm³/mol. The monoisotopic (exact) mass is 428 g/mol. The van der Waals surface area contributed by atoms with Gasteiger partial charge < -0.3 is 9.52 Å². The van der Waals surface area contributed by atoms with Crippen LogP contribution in [0.15, 0.2) is 33.5 Å². The van der Waals surface area contributed by atoms with E-state index in [1.165, 1.54) is 89.2 Å². The summed E-state index contributed by atoms with van der Waals surface area (Å²) in [7, 11) is 0. The number of Topliss-reactive ketones (excluding diaryl/α,β-unsaturated/α-hetero) is 1. The Morgan fingerprint density at radius 3 is 1.84 bits per heavy atom. The highest BCUT2D eigenvalue weighted by atomic mass is 16.4. The first kappa shape index (κ1) is 25.2. The van der Waals surface area contributed by atoms with E-state index in [1.54, 1.807) is 12.1 Å². The zero-order chi connectivity index (χ0) is 22.3. The van der Waals surface area contributed by atoms with Gasteiger partial charge >= 0.3 is 5.63 Å². The Balaban J connectivity index is 1.50. The summed E-state index contributed by atoms with van der Waals surface area (Å²) >= 11 is 0. The number of phenolic OH excluding ortho intramolecular Hbond substituents is 1. The second kappa shape index (κ2) is 14.8. The number of phenols is 1. The lowest BCUT2D eigenvalue weighted by Crippen LogP contribution is -2.13. The number of fused-ring (bicyclic) bond motifs is 1. The van der Waals surface area contributed by atoms with E-state index in [0.717, 1.165) is 19.3 Å². The second-order valence-electron chi connectivity index (χ2n) is 8.79. The third-order valence-corrected chi connectivity index (χ3v) is 6.03. The van der Waals surface area contributed by atoms with Gasteiger partial charge in [-0.2, -0.15) is 0 Å². The molecule has 0 saturated heterocycles. The second-order valence-corrected chi connectivity index (χ2v) is 8.79. The van der Waals surface area contributed by atoms with Gasteiger partial charge in [0.05, 0.1) is 0 Å². The number of carbonyl (C=O) groups excluding carboxylic acids is 1. The molecule has 172 valence electrons. The Bertz CT molecular complexity index is 837. The van der Waals surface area contributed by atoms with Crippen LogP contribution in [0.2, 0.25) is 0 Å². The van der Waals surface area contributed by atoms with E-state index in [0.29, 0.717) is 17.4 Å². The van der Waals surface area contributed by atoms with E-state index in [-0.39, 0.29) is 17.1 Å².